The first-order valence-electron chi connectivity index (χ1n) is 5.36. The van der Waals surface area contributed by atoms with Crippen molar-refractivity contribution in [3.8, 4) is 0 Å². The van der Waals surface area contributed by atoms with Crippen molar-refractivity contribution in [1.82, 2.24) is 5.32 Å². The number of rotatable bonds is 5. The zero-order valence-corrected chi connectivity index (χ0v) is 9.80. The maximum atomic E-state index is 13.4. The number of ether oxygens (including phenoxy) is 1. The maximum Gasteiger partial charge on any atom is 0.246 e. The van der Waals surface area contributed by atoms with E-state index in [2.05, 4.69) is 5.32 Å². The van der Waals surface area contributed by atoms with E-state index in [1.54, 1.807) is 13.8 Å². The van der Waals surface area contributed by atoms with E-state index >= 15 is 0 Å². The van der Waals surface area contributed by atoms with E-state index in [0.717, 1.165) is 12.1 Å². The van der Waals surface area contributed by atoms with Crippen LogP contribution in [0.3, 0.4) is 0 Å². The monoisotopic (exact) mass is 243 g/mol. The van der Waals surface area contributed by atoms with Gasteiger partial charge in [-0.1, -0.05) is 6.07 Å². The van der Waals surface area contributed by atoms with Gasteiger partial charge < -0.3 is 10.1 Å². The molecule has 0 saturated carbocycles. The van der Waals surface area contributed by atoms with Crippen molar-refractivity contribution in [2.45, 2.75) is 19.9 Å². The third-order valence-electron chi connectivity index (χ3n) is 2.24. The molecule has 0 aliphatic carbocycles. The summed E-state index contributed by atoms with van der Waals surface area (Å²) in [6, 6.07) is 2.74. The van der Waals surface area contributed by atoms with Crippen LogP contribution >= 0.6 is 0 Å². The van der Waals surface area contributed by atoms with Gasteiger partial charge in [-0.05, 0) is 19.9 Å². The van der Waals surface area contributed by atoms with Crippen LogP contribution in [-0.2, 0) is 9.53 Å². The van der Waals surface area contributed by atoms with Gasteiger partial charge in [0.05, 0.1) is 6.04 Å². The number of carbonyl (C=O) groups excluding carboxylic acids is 1. The quantitative estimate of drug-likeness (QED) is 0.860. The van der Waals surface area contributed by atoms with Crippen LogP contribution in [0.25, 0.3) is 0 Å². The minimum Gasteiger partial charge on any atom is -0.372 e. The molecule has 1 aromatic carbocycles. The Morgan fingerprint density at radius 3 is 2.76 bits per heavy atom. The molecular formula is C12H15F2NO2. The van der Waals surface area contributed by atoms with E-state index < -0.39 is 17.7 Å². The summed E-state index contributed by atoms with van der Waals surface area (Å²) in [6.07, 6.45) is 0. The van der Waals surface area contributed by atoms with E-state index in [0.29, 0.717) is 6.61 Å². The molecule has 3 nitrogen and oxygen atoms in total. The normalized spacial score (nSPS) is 12.2. The summed E-state index contributed by atoms with van der Waals surface area (Å²) in [5.41, 5.74) is 0.247. The first-order chi connectivity index (χ1) is 8.04. The maximum absolute atomic E-state index is 13.4. The smallest absolute Gasteiger partial charge is 0.246 e. The lowest BCUT2D eigenvalue weighted by molar-refractivity contribution is -0.126. The third-order valence-corrected chi connectivity index (χ3v) is 2.24. The van der Waals surface area contributed by atoms with Crippen molar-refractivity contribution in [2.75, 3.05) is 13.2 Å². The van der Waals surface area contributed by atoms with Crippen molar-refractivity contribution in [3.05, 3.63) is 35.4 Å². The van der Waals surface area contributed by atoms with Gasteiger partial charge in [-0.2, -0.15) is 0 Å². The Balaban J connectivity index is 2.63. The molecule has 1 amide bonds. The average Bonchev–Trinajstić information content (AvgIpc) is 2.26. The Bertz CT molecular complexity index is 396. The number of benzene rings is 1. The molecule has 0 radical (unpaired) electrons. The molecule has 0 aliphatic heterocycles. The Labute approximate surface area is 98.8 Å². The highest BCUT2D eigenvalue weighted by molar-refractivity contribution is 5.77. The topological polar surface area (TPSA) is 38.3 Å². The number of hydrogen-bond donors (Lipinski definition) is 1. The van der Waals surface area contributed by atoms with Crippen LogP contribution in [0.2, 0.25) is 0 Å². The lowest BCUT2D eigenvalue weighted by atomic mass is 10.1. The molecule has 1 N–H and O–H groups in total. The van der Waals surface area contributed by atoms with E-state index in [1.165, 1.54) is 6.07 Å². The highest BCUT2D eigenvalue weighted by Gasteiger charge is 2.13. The molecule has 94 valence electrons. The Morgan fingerprint density at radius 1 is 1.47 bits per heavy atom. The van der Waals surface area contributed by atoms with Crippen molar-refractivity contribution < 1.29 is 18.3 Å². The zero-order chi connectivity index (χ0) is 12.8. The van der Waals surface area contributed by atoms with E-state index in [9.17, 15) is 13.6 Å². The minimum atomic E-state index is -0.672. The van der Waals surface area contributed by atoms with Crippen LogP contribution < -0.4 is 5.32 Å². The van der Waals surface area contributed by atoms with Gasteiger partial charge in [0.2, 0.25) is 5.91 Å². The summed E-state index contributed by atoms with van der Waals surface area (Å²) in [7, 11) is 0. The zero-order valence-electron chi connectivity index (χ0n) is 9.80. The second-order valence-electron chi connectivity index (χ2n) is 3.59. The third kappa shape index (κ3) is 4.11. The minimum absolute atomic E-state index is 0.0658. The predicted molar refractivity (Wildman–Crippen MR) is 59.4 cm³/mol. The molecule has 1 atom stereocenters. The standard InChI is InChI=1S/C12H15F2NO2/c1-3-17-7-12(16)15-8(2)10-5-4-9(13)6-11(10)14/h4-6,8H,3,7H2,1-2H3,(H,15,16). The molecule has 1 unspecified atom stereocenters. The highest BCUT2D eigenvalue weighted by atomic mass is 19.1. The van der Waals surface area contributed by atoms with Crippen molar-refractivity contribution >= 4 is 5.91 Å². The Morgan fingerprint density at radius 2 is 2.18 bits per heavy atom. The molecule has 0 bridgehead atoms. The summed E-state index contributed by atoms with van der Waals surface area (Å²) >= 11 is 0. The lowest BCUT2D eigenvalue weighted by Gasteiger charge is -2.15. The molecule has 0 heterocycles. The average molecular weight is 243 g/mol. The van der Waals surface area contributed by atoms with Crippen LogP contribution in [0.5, 0.6) is 0 Å². The van der Waals surface area contributed by atoms with Crippen molar-refractivity contribution in [2.24, 2.45) is 0 Å². The summed E-state index contributed by atoms with van der Waals surface area (Å²) < 4.78 is 31.0. The number of amides is 1. The van der Waals surface area contributed by atoms with Gasteiger partial charge in [-0.15, -0.1) is 0 Å². The first-order valence-corrected chi connectivity index (χ1v) is 5.36. The predicted octanol–water partition coefficient (Wildman–Crippen LogP) is 2.18. The number of hydrogen-bond acceptors (Lipinski definition) is 2. The van der Waals surface area contributed by atoms with Crippen molar-refractivity contribution in [3.63, 3.8) is 0 Å². The van der Waals surface area contributed by atoms with Gasteiger partial charge >= 0.3 is 0 Å². The van der Waals surface area contributed by atoms with Gasteiger partial charge in [0.15, 0.2) is 0 Å². The van der Waals surface area contributed by atoms with Crippen LogP contribution in [0.1, 0.15) is 25.5 Å². The van der Waals surface area contributed by atoms with Gasteiger partial charge in [0.1, 0.15) is 18.2 Å². The van der Waals surface area contributed by atoms with E-state index in [-0.39, 0.29) is 18.1 Å². The molecule has 17 heavy (non-hydrogen) atoms. The largest absolute Gasteiger partial charge is 0.372 e. The fourth-order valence-corrected chi connectivity index (χ4v) is 1.41. The summed E-state index contributed by atoms with van der Waals surface area (Å²) in [5, 5.41) is 2.56. The summed E-state index contributed by atoms with van der Waals surface area (Å²) in [5.74, 6) is -1.64. The molecule has 0 saturated heterocycles. The summed E-state index contributed by atoms with van der Waals surface area (Å²) in [4.78, 5) is 11.3. The van der Waals surface area contributed by atoms with E-state index in [4.69, 9.17) is 4.74 Å². The Hall–Kier alpha value is -1.49. The molecule has 0 spiro atoms. The molecule has 0 aromatic heterocycles. The van der Waals surface area contributed by atoms with Gasteiger partial charge in [-0.3, -0.25) is 4.79 Å². The SMILES string of the molecule is CCOCC(=O)NC(C)c1ccc(F)cc1F. The fraction of sp³-hybridized carbons (Fsp3) is 0.417. The van der Waals surface area contributed by atoms with Gasteiger partial charge in [-0.25, -0.2) is 8.78 Å². The molecular weight excluding hydrogens is 228 g/mol. The van der Waals surface area contributed by atoms with Crippen LogP contribution in [-0.4, -0.2) is 19.1 Å². The molecule has 5 heteroatoms. The van der Waals surface area contributed by atoms with Crippen LogP contribution in [0.4, 0.5) is 8.78 Å². The molecule has 0 aliphatic rings. The lowest BCUT2D eigenvalue weighted by Crippen LogP contribution is -2.30. The highest BCUT2D eigenvalue weighted by Crippen LogP contribution is 2.17. The fourth-order valence-electron chi connectivity index (χ4n) is 1.41. The molecule has 0 fully saturated rings. The van der Waals surface area contributed by atoms with E-state index in [1.807, 2.05) is 0 Å². The van der Waals surface area contributed by atoms with Gasteiger partial charge in [0, 0.05) is 18.2 Å². The number of halogens is 2. The van der Waals surface area contributed by atoms with Crippen LogP contribution in [0, 0.1) is 11.6 Å². The second-order valence-corrected chi connectivity index (χ2v) is 3.59. The second kappa shape index (κ2) is 6.30. The number of carbonyl (C=O) groups is 1. The van der Waals surface area contributed by atoms with Crippen LogP contribution in [0.15, 0.2) is 18.2 Å². The van der Waals surface area contributed by atoms with Crippen molar-refractivity contribution in [1.29, 1.82) is 0 Å². The Kier molecular flexibility index (Phi) is 5.03. The summed E-state index contributed by atoms with van der Waals surface area (Å²) in [6.45, 7) is 3.77. The number of nitrogens with one attached hydrogen (secondary N) is 1. The first kappa shape index (κ1) is 13.6. The molecule has 1 rings (SSSR count). The van der Waals surface area contributed by atoms with Gasteiger partial charge in [0.25, 0.3) is 0 Å². The molecule has 1 aromatic rings.